The first-order valence-corrected chi connectivity index (χ1v) is 9.73. The first kappa shape index (κ1) is 16.5. The van der Waals surface area contributed by atoms with Crippen molar-refractivity contribution in [2.75, 3.05) is 13.2 Å². The summed E-state index contributed by atoms with van der Waals surface area (Å²) < 4.78 is 23.3. The molecular weight excluding hydrogens is 312 g/mol. The number of ether oxygens (including phenoxy) is 2. The van der Waals surface area contributed by atoms with E-state index in [0.717, 1.165) is 25.7 Å². The molecular formula is C18H24O4S. The van der Waals surface area contributed by atoms with Crippen molar-refractivity contribution in [2.45, 2.75) is 49.5 Å². The fraction of sp³-hybridized carbons (Fsp3) is 0.611. The fourth-order valence-corrected chi connectivity index (χ4v) is 5.73. The molecule has 2 fully saturated rings. The Bertz CT molecular complexity index is 570. The van der Waals surface area contributed by atoms with Crippen LogP contribution in [-0.2, 0) is 15.6 Å². The topological polar surface area (TPSA) is 52.6 Å². The minimum Gasteiger partial charge on any atom is -0.490 e. The second-order valence-corrected chi connectivity index (χ2v) is 8.25. The second kappa shape index (κ2) is 7.47. The second-order valence-electron chi connectivity index (χ2n) is 6.26. The van der Waals surface area contributed by atoms with E-state index in [1.165, 1.54) is 0 Å². The van der Waals surface area contributed by atoms with Crippen molar-refractivity contribution in [3.63, 3.8) is 0 Å². The Kier molecular flexibility index (Phi) is 5.36. The SMILES string of the molecule is CCOc1ccccc1OCCC(=O)C1CC2CCC(C1)S2=O. The first-order chi connectivity index (χ1) is 11.2. The number of hydrogen-bond donors (Lipinski definition) is 0. The molecule has 3 rings (SSSR count). The van der Waals surface area contributed by atoms with Gasteiger partial charge in [-0.25, -0.2) is 0 Å². The molecule has 2 atom stereocenters. The number of carbonyl (C=O) groups excluding carboxylic acids is 1. The van der Waals surface area contributed by atoms with Crippen molar-refractivity contribution in [1.29, 1.82) is 0 Å². The van der Waals surface area contributed by atoms with Crippen LogP contribution in [0.25, 0.3) is 0 Å². The van der Waals surface area contributed by atoms with Gasteiger partial charge in [0, 0.05) is 33.6 Å². The average Bonchev–Trinajstić information content (AvgIpc) is 2.77. The molecule has 2 heterocycles. The highest BCUT2D eigenvalue weighted by Crippen LogP contribution is 2.39. The van der Waals surface area contributed by atoms with E-state index < -0.39 is 10.8 Å². The smallest absolute Gasteiger partial charge is 0.161 e. The molecule has 0 spiro atoms. The van der Waals surface area contributed by atoms with E-state index in [0.29, 0.717) is 31.1 Å². The van der Waals surface area contributed by atoms with Crippen LogP contribution in [0.3, 0.4) is 0 Å². The molecule has 2 aliphatic rings. The van der Waals surface area contributed by atoms with Gasteiger partial charge in [0.25, 0.3) is 0 Å². The Balaban J connectivity index is 1.49. The summed E-state index contributed by atoms with van der Waals surface area (Å²) in [6.07, 6.45) is 4.07. The Hall–Kier alpha value is -1.36. The number of rotatable bonds is 7. The van der Waals surface area contributed by atoms with Crippen LogP contribution in [0.5, 0.6) is 11.5 Å². The van der Waals surface area contributed by atoms with Crippen molar-refractivity contribution < 1.29 is 18.5 Å². The molecule has 1 aromatic carbocycles. The summed E-state index contributed by atoms with van der Waals surface area (Å²) >= 11 is 0. The molecule has 0 aliphatic carbocycles. The standard InChI is InChI=1S/C18H24O4S/c1-2-21-17-5-3-4-6-18(17)22-10-9-16(19)13-11-14-7-8-15(12-13)23(14)20/h3-6,13-15H,2,7-12H2,1H3. The molecule has 0 saturated carbocycles. The maximum Gasteiger partial charge on any atom is 0.161 e. The van der Waals surface area contributed by atoms with E-state index >= 15 is 0 Å². The third kappa shape index (κ3) is 3.77. The highest BCUT2D eigenvalue weighted by molar-refractivity contribution is 7.86. The van der Waals surface area contributed by atoms with Gasteiger partial charge in [-0.3, -0.25) is 9.00 Å². The summed E-state index contributed by atoms with van der Waals surface area (Å²) in [7, 11) is -0.697. The van der Waals surface area contributed by atoms with Gasteiger partial charge in [-0.2, -0.15) is 0 Å². The molecule has 1 aromatic rings. The molecule has 2 aliphatic heterocycles. The highest BCUT2D eigenvalue weighted by Gasteiger charge is 2.42. The number of carbonyl (C=O) groups is 1. The molecule has 2 saturated heterocycles. The molecule has 23 heavy (non-hydrogen) atoms. The Morgan fingerprint density at radius 3 is 2.35 bits per heavy atom. The number of hydrogen-bond acceptors (Lipinski definition) is 4. The van der Waals surface area contributed by atoms with Gasteiger partial charge >= 0.3 is 0 Å². The summed E-state index contributed by atoms with van der Waals surface area (Å²) in [6.45, 7) is 2.89. The lowest BCUT2D eigenvalue weighted by atomic mass is 9.93. The normalized spacial score (nSPS) is 29.3. The molecule has 126 valence electrons. The Labute approximate surface area is 140 Å². The number of ketones is 1. The van der Waals surface area contributed by atoms with Crippen molar-refractivity contribution in [1.82, 2.24) is 0 Å². The Morgan fingerprint density at radius 1 is 1.13 bits per heavy atom. The number of para-hydroxylation sites is 2. The van der Waals surface area contributed by atoms with Crippen molar-refractivity contribution in [3.05, 3.63) is 24.3 Å². The number of Topliss-reactive ketones (excluding diaryl/α,β-unsaturated/α-hetero) is 1. The van der Waals surface area contributed by atoms with Crippen LogP contribution in [0.4, 0.5) is 0 Å². The van der Waals surface area contributed by atoms with Crippen molar-refractivity contribution in [2.24, 2.45) is 5.92 Å². The van der Waals surface area contributed by atoms with E-state index in [2.05, 4.69) is 0 Å². The average molecular weight is 336 g/mol. The van der Waals surface area contributed by atoms with Crippen molar-refractivity contribution >= 4 is 16.6 Å². The molecule has 0 aromatic heterocycles. The van der Waals surface area contributed by atoms with Gasteiger partial charge in [0.05, 0.1) is 13.2 Å². The molecule has 0 radical (unpaired) electrons. The molecule has 2 unspecified atom stereocenters. The predicted octanol–water partition coefficient (Wildman–Crippen LogP) is 3.11. The molecule has 5 heteroatoms. The van der Waals surface area contributed by atoms with Gasteiger partial charge in [0.1, 0.15) is 5.78 Å². The molecule has 2 bridgehead atoms. The van der Waals surface area contributed by atoms with Crippen molar-refractivity contribution in [3.8, 4) is 11.5 Å². The zero-order chi connectivity index (χ0) is 16.2. The number of benzene rings is 1. The van der Waals surface area contributed by atoms with Crippen LogP contribution in [0, 0.1) is 5.92 Å². The monoisotopic (exact) mass is 336 g/mol. The van der Waals surface area contributed by atoms with E-state index in [-0.39, 0.29) is 22.2 Å². The van der Waals surface area contributed by atoms with Gasteiger partial charge in [0.2, 0.25) is 0 Å². The largest absolute Gasteiger partial charge is 0.490 e. The summed E-state index contributed by atoms with van der Waals surface area (Å²) in [5, 5.41) is 0.504. The quantitative estimate of drug-likeness (QED) is 0.768. The first-order valence-electron chi connectivity index (χ1n) is 8.45. The van der Waals surface area contributed by atoms with Crippen LogP contribution in [-0.4, -0.2) is 33.7 Å². The summed E-state index contributed by atoms with van der Waals surface area (Å²) in [5.74, 6) is 1.74. The lowest BCUT2D eigenvalue weighted by Crippen LogP contribution is -2.32. The maximum atomic E-state index is 12.4. The van der Waals surface area contributed by atoms with E-state index in [1.54, 1.807) is 0 Å². The zero-order valence-electron chi connectivity index (χ0n) is 13.5. The third-order valence-electron chi connectivity index (χ3n) is 4.77. The van der Waals surface area contributed by atoms with Gasteiger partial charge < -0.3 is 9.47 Å². The van der Waals surface area contributed by atoms with Gasteiger partial charge in [0.15, 0.2) is 11.5 Å². The van der Waals surface area contributed by atoms with E-state index in [1.807, 2.05) is 31.2 Å². The maximum absolute atomic E-state index is 12.4. The summed E-state index contributed by atoms with van der Waals surface area (Å²) in [4.78, 5) is 12.4. The third-order valence-corrected chi connectivity index (χ3v) is 6.94. The summed E-state index contributed by atoms with van der Waals surface area (Å²) in [6, 6.07) is 7.53. The molecule has 4 nitrogen and oxygen atoms in total. The number of fused-ring (bicyclic) bond motifs is 2. The Morgan fingerprint density at radius 2 is 1.74 bits per heavy atom. The zero-order valence-corrected chi connectivity index (χ0v) is 14.3. The van der Waals surface area contributed by atoms with Crippen LogP contribution in [0.15, 0.2) is 24.3 Å². The fourth-order valence-electron chi connectivity index (χ4n) is 3.61. The molecule has 0 N–H and O–H groups in total. The van der Waals surface area contributed by atoms with Gasteiger partial charge in [-0.05, 0) is 44.7 Å². The highest BCUT2D eigenvalue weighted by atomic mass is 32.2. The van der Waals surface area contributed by atoms with Gasteiger partial charge in [-0.15, -0.1) is 0 Å². The molecule has 0 amide bonds. The van der Waals surface area contributed by atoms with E-state index in [4.69, 9.17) is 9.47 Å². The minimum absolute atomic E-state index is 0.0796. The summed E-state index contributed by atoms with van der Waals surface area (Å²) in [5.41, 5.74) is 0. The van der Waals surface area contributed by atoms with Crippen LogP contribution < -0.4 is 9.47 Å². The lowest BCUT2D eigenvalue weighted by molar-refractivity contribution is -0.123. The lowest BCUT2D eigenvalue weighted by Gasteiger charge is -2.26. The van der Waals surface area contributed by atoms with E-state index in [9.17, 15) is 9.00 Å². The van der Waals surface area contributed by atoms with Crippen LogP contribution >= 0.6 is 0 Å². The van der Waals surface area contributed by atoms with Crippen LogP contribution in [0.1, 0.15) is 39.0 Å². The van der Waals surface area contributed by atoms with Crippen LogP contribution in [0.2, 0.25) is 0 Å². The predicted molar refractivity (Wildman–Crippen MR) is 90.4 cm³/mol. The minimum atomic E-state index is -0.697. The van der Waals surface area contributed by atoms with Gasteiger partial charge in [-0.1, -0.05) is 12.1 Å².